The van der Waals surface area contributed by atoms with Gasteiger partial charge in [-0.3, -0.25) is 4.79 Å². The first-order chi connectivity index (χ1) is 13.4. The normalized spacial score (nSPS) is 11.3. The van der Waals surface area contributed by atoms with Crippen molar-refractivity contribution in [1.29, 1.82) is 0 Å². The quantitative estimate of drug-likeness (QED) is 0.557. The van der Waals surface area contributed by atoms with E-state index in [-0.39, 0.29) is 18.8 Å². The summed E-state index contributed by atoms with van der Waals surface area (Å²) in [5.74, 6) is 0.492. The molecule has 0 saturated carbocycles. The average molecular weight is 412 g/mol. The molecule has 28 heavy (non-hydrogen) atoms. The fraction of sp³-hybridized carbons (Fsp3) is 0.176. The van der Waals surface area contributed by atoms with Crippen molar-refractivity contribution in [2.24, 2.45) is 0 Å². The summed E-state index contributed by atoms with van der Waals surface area (Å²) >= 11 is 5.60. The molecule has 0 bridgehead atoms. The summed E-state index contributed by atoms with van der Waals surface area (Å²) < 4.78 is 46.0. The number of halogens is 4. The average Bonchev–Trinajstić information content (AvgIpc) is 3.20. The van der Waals surface area contributed by atoms with Gasteiger partial charge in [-0.2, -0.15) is 13.2 Å². The Hall–Kier alpha value is -3.14. The van der Waals surface area contributed by atoms with Gasteiger partial charge in [0.05, 0.1) is 22.8 Å². The van der Waals surface area contributed by atoms with Crippen molar-refractivity contribution in [3.63, 3.8) is 0 Å². The molecule has 3 rings (SSSR count). The predicted octanol–water partition coefficient (Wildman–Crippen LogP) is 3.38. The number of carbonyl (C=O) groups excluding carboxylic acids is 1. The maximum absolute atomic E-state index is 13.0. The molecule has 0 saturated heterocycles. The second-order valence-electron chi connectivity index (χ2n) is 5.56. The van der Waals surface area contributed by atoms with Crippen LogP contribution in [0, 0.1) is 0 Å². The van der Waals surface area contributed by atoms with E-state index in [0.717, 1.165) is 17.0 Å². The Morgan fingerprint density at radius 1 is 1.21 bits per heavy atom. The van der Waals surface area contributed by atoms with Crippen LogP contribution < -0.4 is 9.64 Å². The molecule has 0 aliphatic carbocycles. The number of hydrogen-bond acceptors (Lipinski definition) is 5. The molecule has 0 N–H and O–H groups in total. The van der Waals surface area contributed by atoms with E-state index in [1.54, 1.807) is 24.3 Å². The van der Waals surface area contributed by atoms with Crippen molar-refractivity contribution in [3.05, 3.63) is 59.4 Å². The third kappa shape index (κ3) is 4.58. The maximum Gasteiger partial charge on any atom is 0.417 e. The van der Waals surface area contributed by atoms with Crippen LogP contribution in [0.2, 0.25) is 5.02 Å². The van der Waals surface area contributed by atoms with Gasteiger partial charge >= 0.3 is 6.18 Å². The van der Waals surface area contributed by atoms with E-state index in [9.17, 15) is 18.0 Å². The highest BCUT2D eigenvalue weighted by molar-refractivity contribution is 6.31. The SMILES string of the molecule is O=CN(CCOc1cccc(-n2cnnn2)c1)c1ccc(Cl)c(C(F)(F)F)c1. The molecule has 0 atom stereocenters. The number of ether oxygens (including phenoxy) is 1. The van der Waals surface area contributed by atoms with E-state index >= 15 is 0 Å². The molecule has 1 heterocycles. The first-order valence-corrected chi connectivity index (χ1v) is 8.31. The molecular weight excluding hydrogens is 399 g/mol. The van der Waals surface area contributed by atoms with Crippen molar-refractivity contribution in [1.82, 2.24) is 20.2 Å². The Kier molecular flexibility index (Phi) is 5.78. The maximum atomic E-state index is 13.0. The Morgan fingerprint density at radius 3 is 2.71 bits per heavy atom. The molecule has 0 fully saturated rings. The third-order valence-electron chi connectivity index (χ3n) is 3.75. The van der Waals surface area contributed by atoms with E-state index in [2.05, 4.69) is 15.5 Å². The molecule has 0 aliphatic heterocycles. The van der Waals surface area contributed by atoms with Crippen molar-refractivity contribution in [2.45, 2.75) is 6.18 Å². The standard InChI is InChI=1S/C17H13ClF3N5O2/c18-16-5-4-12(9-15(16)17(19,20)21)25(11-27)6-7-28-14-3-1-2-13(8-14)26-10-22-23-24-26/h1-5,8-11H,6-7H2. The third-order valence-corrected chi connectivity index (χ3v) is 4.08. The first kappa shape index (κ1) is 19.6. The number of tetrazole rings is 1. The summed E-state index contributed by atoms with van der Waals surface area (Å²) in [6.45, 7) is 0.0965. The lowest BCUT2D eigenvalue weighted by Gasteiger charge is -2.20. The van der Waals surface area contributed by atoms with Crippen LogP contribution in [0.1, 0.15) is 5.56 Å². The van der Waals surface area contributed by atoms with Gasteiger partial charge < -0.3 is 9.64 Å². The van der Waals surface area contributed by atoms with Crippen LogP contribution >= 0.6 is 11.6 Å². The monoisotopic (exact) mass is 411 g/mol. The van der Waals surface area contributed by atoms with Crippen LogP contribution in [-0.2, 0) is 11.0 Å². The topological polar surface area (TPSA) is 73.1 Å². The molecule has 0 spiro atoms. The Morgan fingerprint density at radius 2 is 2.04 bits per heavy atom. The molecular formula is C17H13ClF3N5O2. The van der Waals surface area contributed by atoms with Crippen molar-refractivity contribution in [3.8, 4) is 11.4 Å². The van der Waals surface area contributed by atoms with Gasteiger partial charge in [0, 0.05) is 11.8 Å². The highest BCUT2D eigenvalue weighted by atomic mass is 35.5. The van der Waals surface area contributed by atoms with Gasteiger partial charge in [-0.25, -0.2) is 4.68 Å². The summed E-state index contributed by atoms with van der Waals surface area (Å²) in [7, 11) is 0. The number of nitrogens with zero attached hydrogens (tertiary/aromatic N) is 5. The predicted molar refractivity (Wildman–Crippen MR) is 94.5 cm³/mol. The van der Waals surface area contributed by atoms with Crippen LogP contribution in [0.3, 0.4) is 0 Å². The van der Waals surface area contributed by atoms with Crippen molar-refractivity contribution >= 4 is 23.7 Å². The zero-order chi connectivity index (χ0) is 20.1. The summed E-state index contributed by atoms with van der Waals surface area (Å²) in [6, 6.07) is 10.2. The lowest BCUT2D eigenvalue weighted by atomic mass is 10.2. The number of hydrogen-bond donors (Lipinski definition) is 0. The van der Waals surface area contributed by atoms with Crippen LogP contribution in [0.15, 0.2) is 48.8 Å². The number of anilines is 1. The van der Waals surface area contributed by atoms with Crippen molar-refractivity contribution < 1.29 is 22.7 Å². The Labute approximate surface area is 162 Å². The summed E-state index contributed by atoms with van der Waals surface area (Å²) in [5.41, 5.74) is -0.270. The van der Waals surface area contributed by atoms with Gasteiger partial charge in [-0.1, -0.05) is 17.7 Å². The van der Waals surface area contributed by atoms with Crippen LogP contribution in [0.4, 0.5) is 18.9 Å². The number of aromatic nitrogens is 4. The van der Waals surface area contributed by atoms with Crippen LogP contribution in [-0.4, -0.2) is 39.8 Å². The smallest absolute Gasteiger partial charge is 0.417 e. The van der Waals surface area contributed by atoms with Gasteiger partial charge in [0.2, 0.25) is 6.41 Å². The van der Waals surface area contributed by atoms with E-state index in [1.165, 1.54) is 17.1 Å². The Balaban J connectivity index is 1.67. The molecule has 0 aliphatic rings. The van der Waals surface area contributed by atoms with E-state index in [1.807, 2.05) is 0 Å². The molecule has 1 aromatic heterocycles. The van der Waals surface area contributed by atoms with Gasteiger partial charge in [0.25, 0.3) is 0 Å². The van der Waals surface area contributed by atoms with E-state index in [0.29, 0.717) is 17.8 Å². The molecule has 7 nitrogen and oxygen atoms in total. The fourth-order valence-electron chi connectivity index (χ4n) is 2.41. The highest BCUT2D eigenvalue weighted by Crippen LogP contribution is 2.36. The number of carbonyl (C=O) groups is 1. The highest BCUT2D eigenvalue weighted by Gasteiger charge is 2.33. The minimum Gasteiger partial charge on any atom is -0.492 e. The molecule has 0 radical (unpaired) electrons. The minimum absolute atomic E-state index is 0.0392. The summed E-state index contributed by atoms with van der Waals surface area (Å²) in [4.78, 5) is 12.4. The fourth-order valence-corrected chi connectivity index (χ4v) is 2.63. The molecule has 11 heteroatoms. The lowest BCUT2D eigenvalue weighted by molar-refractivity contribution is -0.137. The summed E-state index contributed by atoms with van der Waals surface area (Å²) in [6.07, 6.45) is -2.76. The zero-order valence-electron chi connectivity index (χ0n) is 14.2. The van der Waals surface area contributed by atoms with E-state index < -0.39 is 16.8 Å². The van der Waals surface area contributed by atoms with Gasteiger partial charge in [-0.15, -0.1) is 5.10 Å². The van der Waals surface area contributed by atoms with Crippen molar-refractivity contribution in [2.75, 3.05) is 18.1 Å². The molecule has 3 aromatic rings. The van der Waals surface area contributed by atoms with Gasteiger partial charge in [0.1, 0.15) is 18.7 Å². The minimum atomic E-state index is -4.62. The lowest BCUT2D eigenvalue weighted by Crippen LogP contribution is -2.27. The first-order valence-electron chi connectivity index (χ1n) is 7.93. The van der Waals surface area contributed by atoms with Gasteiger partial charge in [-0.05, 0) is 40.8 Å². The molecule has 1 amide bonds. The number of alkyl halides is 3. The second kappa shape index (κ2) is 8.26. The largest absolute Gasteiger partial charge is 0.492 e. The van der Waals surface area contributed by atoms with Crippen LogP contribution in [0.5, 0.6) is 5.75 Å². The number of rotatable bonds is 7. The Bertz CT molecular complexity index is 950. The molecule has 0 unspecified atom stereocenters. The molecule has 146 valence electrons. The van der Waals surface area contributed by atoms with Gasteiger partial charge in [0.15, 0.2) is 0 Å². The van der Waals surface area contributed by atoms with Crippen LogP contribution in [0.25, 0.3) is 5.69 Å². The zero-order valence-corrected chi connectivity index (χ0v) is 14.9. The summed E-state index contributed by atoms with van der Waals surface area (Å²) in [5, 5.41) is 10.4. The number of amides is 1. The molecule has 2 aromatic carbocycles. The number of benzene rings is 2. The van der Waals surface area contributed by atoms with E-state index in [4.69, 9.17) is 16.3 Å². The second-order valence-corrected chi connectivity index (χ2v) is 5.97.